The highest BCUT2D eigenvalue weighted by molar-refractivity contribution is 5.84. The first-order chi connectivity index (χ1) is 14.9. The summed E-state index contributed by atoms with van der Waals surface area (Å²) in [5, 5.41) is 5.35. The van der Waals surface area contributed by atoms with Gasteiger partial charge in [-0.3, -0.25) is 4.79 Å². The number of amides is 4. The van der Waals surface area contributed by atoms with Crippen LogP contribution in [-0.4, -0.2) is 40.6 Å². The van der Waals surface area contributed by atoms with Gasteiger partial charge >= 0.3 is 12.1 Å². The van der Waals surface area contributed by atoms with E-state index in [2.05, 4.69) is 10.6 Å². The highest BCUT2D eigenvalue weighted by Gasteiger charge is 2.72. The Morgan fingerprint density at radius 2 is 1.52 bits per heavy atom. The van der Waals surface area contributed by atoms with Crippen LogP contribution in [0.15, 0.2) is 60.7 Å². The quantitative estimate of drug-likeness (QED) is 0.606. The maximum atomic E-state index is 12.8. The molecule has 4 N–H and O–H groups in total. The maximum Gasteiger partial charge on any atom is 0.407 e. The predicted octanol–water partition coefficient (Wildman–Crippen LogP) is 2.28. The fourth-order valence-electron chi connectivity index (χ4n) is 4.67. The molecule has 3 saturated carbocycles. The van der Waals surface area contributed by atoms with Crippen molar-refractivity contribution in [1.29, 1.82) is 0 Å². The maximum absolute atomic E-state index is 12.8. The first-order valence-electron chi connectivity index (χ1n) is 10.3. The van der Waals surface area contributed by atoms with E-state index in [-0.39, 0.29) is 30.1 Å². The van der Waals surface area contributed by atoms with Crippen molar-refractivity contribution in [2.24, 2.45) is 5.73 Å². The molecular formula is C23H26N4O4. The van der Waals surface area contributed by atoms with E-state index in [1.54, 1.807) is 4.90 Å². The second kappa shape index (κ2) is 8.29. The van der Waals surface area contributed by atoms with Gasteiger partial charge in [-0.2, -0.15) is 0 Å². The molecule has 0 radical (unpaired) electrons. The second-order valence-electron chi connectivity index (χ2n) is 8.41. The molecule has 2 bridgehead atoms. The lowest BCUT2D eigenvalue weighted by Crippen LogP contribution is -2.84. The lowest BCUT2D eigenvalue weighted by molar-refractivity contribution is -0.189. The SMILES string of the molecule is NC(=O)NCC(=O)N(Cc1ccccc1)C12CC(NC(=O)OCc3ccccc3)(C1)C2. The van der Waals surface area contributed by atoms with Crippen LogP contribution >= 0.6 is 0 Å². The van der Waals surface area contributed by atoms with Crippen LogP contribution in [0.25, 0.3) is 0 Å². The van der Waals surface area contributed by atoms with Crippen LogP contribution in [0.4, 0.5) is 9.59 Å². The molecule has 3 aliphatic carbocycles. The summed E-state index contributed by atoms with van der Waals surface area (Å²) in [6.07, 6.45) is 1.54. The van der Waals surface area contributed by atoms with E-state index in [9.17, 15) is 14.4 Å². The summed E-state index contributed by atoms with van der Waals surface area (Å²) < 4.78 is 5.33. The zero-order valence-electron chi connectivity index (χ0n) is 17.2. The molecule has 0 aliphatic heterocycles. The third kappa shape index (κ3) is 4.47. The van der Waals surface area contributed by atoms with Crippen molar-refractivity contribution in [3.63, 3.8) is 0 Å². The molecule has 5 rings (SSSR count). The van der Waals surface area contributed by atoms with Crippen LogP contribution in [0.3, 0.4) is 0 Å². The van der Waals surface area contributed by atoms with Gasteiger partial charge in [0.15, 0.2) is 0 Å². The molecule has 0 aromatic heterocycles. The number of carbonyl (C=O) groups is 3. The van der Waals surface area contributed by atoms with Crippen LogP contribution < -0.4 is 16.4 Å². The molecule has 3 fully saturated rings. The number of ether oxygens (including phenoxy) is 1. The van der Waals surface area contributed by atoms with Crippen molar-refractivity contribution < 1.29 is 19.1 Å². The highest BCUT2D eigenvalue weighted by Crippen LogP contribution is 2.63. The molecular weight excluding hydrogens is 396 g/mol. The summed E-state index contributed by atoms with van der Waals surface area (Å²) in [5.41, 5.74) is 6.40. The summed E-state index contributed by atoms with van der Waals surface area (Å²) in [6.45, 7) is 0.503. The highest BCUT2D eigenvalue weighted by atomic mass is 16.5. The zero-order chi connectivity index (χ0) is 21.9. The lowest BCUT2D eigenvalue weighted by atomic mass is 9.43. The van der Waals surface area contributed by atoms with Gasteiger partial charge in [-0.1, -0.05) is 60.7 Å². The Morgan fingerprint density at radius 3 is 2.10 bits per heavy atom. The average Bonchev–Trinajstić information content (AvgIpc) is 2.72. The predicted molar refractivity (Wildman–Crippen MR) is 114 cm³/mol. The lowest BCUT2D eigenvalue weighted by Gasteiger charge is -2.73. The largest absolute Gasteiger partial charge is 0.445 e. The molecule has 0 spiro atoms. The van der Waals surface area contributed by atoms with Gasteiger partial charge in [-0.15, -0.1) is 0 Å². The molecule has 2 aromatic rings. The molecule has 0 heterocycles. The van der Waals surface area contributed by atoms with E-state index < -0.39 is 12.1 Å². The number of alkyl carbamates (subject to hydrolysis) is 1. The minimum atomic E-state index is -0.732. The van der Waals surface area contributed by atoms with E-state index in [0.717, 1.165) is 11.1 Å². The topological polar surface area (TPSA) is 114 Å². The van der Waals surface area contributed by atoms with Gasteiger partial charge in [0.25, 0.3) is 0 Å². The number of benzene rings is 2. The summed E-state index contributed by atoms with van der Waals surface area (Å²) in [6, 6.07) is 18.5. The molecule has 8 nitrogen and oxygen atoms in total. The van der Waals surface area contributed by atoms with Crippen molar-refractivity contribution in [1.82, 2.24) is 15.5 Å². The molecule has 162 valence electrons. The van der Waals surface area contributed by atoms with Crippen LogP contribution in [-0.2, 0) is 22.7 Å². The Kier molecular flexibility index (Phi) is 5.54. The number of rotatable bonds is 8. The Bertz CT molecular complexity index is 944. The number of nitrogens with one attached hydrogen (secondary N) is 2. The molecule has 2 aromatic carbocycles. The third-order valence-electron chi connectivity index (χ3n) is 6.05. The number of nitrogens with two attached hydrogens (primary N) is 1. The summed E-state index contributed by atoms with van der Waals surface area (Å²) in [7, 11) is 0. The van der Waals surface area contributed by atoms with E-state index in [1.165, 1.54) is 0 Å². The van der Waals surface area contributed by atoms with Crippen molar-refractivity contribution in [2.45, 2.75) is 43.5 Å². The smallest absolute Gasteiger partial charge is 0.407 e. The van der Waals surface area contributed by atoms with Crippen molar-refractivity contribution in [3.05, 3.63) is 71.8 Å². The fourth-order valence-corrected chi connectivity index (χ4v) is 4.67. The molecule has 8 heteroatoms. The van der Waals surface area contributed by atoms with Crippen LogP contribution in [0, 0.1) is 0 Å². The number of hydrogen-bond donors (Lipinski definition) is 3. The monoisotopic (exact) mass is 422 g/mol. The van der Waals surface area contributed by atoms with Gasteiger partial charge in [0.1, 0.15) is 6.61 Å². The first kappa shape index (κ1) is 20.7. The standard InChI is InChI=1S/C23H26N4O4/c24-20(29)25-11-19(28)27(12-17-7-3-1-4-8-17)23-14-22(15-23,16-23)26-21(30)31-13-18-9-5-2-6-10-18/h1-10H,11-16H2,(H,26,30)(H3,24,25,29). The Morgan fingerprint density at radius 1 is 0.935 bits per heavy atom. The van der Waals surface area contributed by atoms with Gasteiger partial charge < -0.3 is 26.0 Å². The van der Waals surface area contributed by atoms with Crippen LogP contribution in [0.5, 0.6) is 0 Å². The van der Waals surface area contributed by atoms with Crippen molar-refractivity contribution in [2.75, 3.05) is 6.54 Å². The van der Waals surface area contributed by atoms with Gasteiger partial charge in [-0.05, 0) is 30.4 Å². The molecule has 0 atom stereocenters. The summed E-state index contributed by atoms with van der Waals surface area (Å²) in [4.78, 5) is 37.9. The van der Waals surface area contributed by atoms with Gasteiger partial charge in [0.2, 0.25) is 5.91 Å². The number of urea groups is 1. The summed E-state index contributed by atoms with van der Waals surface area (Å²) in [5.74, 6) is -0.192. The van der Waals surface area contributed by atoms with Crippen molar-refractivity contribution >= 4 is 18.0 Å². The van der Waals surface area contributed by atoms with Gasteiger partial charge in [0, 0.05) is 6.54 Å². The summed E-state index contributed by atoms with van der Waals surface area (Å²) >= 11 is 0. The number of hydrogen-bond acceptors (Lipinski definition) is 4. The Labute approximate surface area is 180 Å². The van der Waals surface area contributed by atoms with E-state index in [0.29, 0.717) is 25.8 Å². The molecule has 3 aliphatic rings. The molecule has 31 heavy (non-hydrogen) atoms. The first-order valence-corrected chi connectivity index (χ1v) is 10.3. The Hall–Kier alpha value is -3.55. The van der Waals surface area contributed by atoms with Crippen molar-refractivity contribution in [3.8, 4) is 0 Å². The Balaban J connectivity index is 1.35. The molecule has 0 unspecified atom stereocenters. The van der Waals surface area contributed by atoms with E-state index in [4.69, 9.17) is 10.5 Å². The fraction of sp³-hybridized carbons (Fsp3) is 0.348. The zero-order valence-corrected chi connectivity index (χ0v) is 17.2. The molecule has 0 saturated heterocycles. The van der Waals surface area contributed by atoms with Crippen LogP contribution in [0.1, 0.15) is 30.4 Å². The molecule has 4 amide bonds. The number of carbonyl (C=O) groups excluding carboxylic acids is 3. The van der Waals surface area contributed by atoms with E-state index in [1.807, 2.05) is 60.7 Å². The van der Waals surface area contributed by atoms with Crippen LogP contribution in [0.2, 0.25) is 0 Å². The second-order valence-corrected chi connectivity index (χ2v) is 8.41. The number of nitrogens with zero attached hydrogens (tertiary/aromatic N) is 1. The average molecular weight is 422 g/mol. The van der Waals surface area contributed by atoms with E-state index >= 15 is 0 Å². The van der Waals surface area contributed by atoms with Gasteiger partial charge in [0.05, 0.1) is 17.6 Å². The minimum absolute atomic E-state index is 0.149. The number of primary amides is 1. The van der Waals surface area contributed by atoms with Gasteiger partial charge in [-0.25, -0.2) is 9.59 Å². The normalized spacial score (nSPS) is 23.0. The third-order valence-corrected chi connectivity index (χ3v) is 6.05. The minimum Gasteiger partial charge on any atom is -0.445 e.